The first-order valence-electron chi connectivity index (χ1n) is 12.2. The number of carbonyl (C=O) groups excluding carboxylic acids is 1. The average molecular weight is 508 g/mol. The number of sulfonamides is 1. The number of piperazine rings is 1. The molecule has 1 amide bonds. The Kier molecular flexibility index (Phi) is 7.84. The highest BCUT2D eigenvalue weighted by Gasteiger charge is 2.30. The van der Waals surface area contributed by atoms with Gasteiger partial charge in [-0.1, -0.05) is 48.9 Å². The standard InChI is InChI=1S/C28H33N3O4S/c1-4-23-11-13-24(14-12-23)31(36(33,34)25-15-9-22(2)10-16-25)21-28(32)30-19-17-29(18-20-30)26-7-5-6-8-27(26)35-3/h5-16H,4,17-21H2,1-3H3. The van der Waals surface area contributed by atoms with Crippen molar-refractivity contribution in [2.45, 2.75) is 25.2 Å². The highest BCUT2D eigenvalue weighted by Crippen LogP contribution is 2.29. The van der Waals surface area contributed by atoms with Crippen LogP contribution in [0.15, 0.2) is 77.7 Å². The molecule has 7 nitrogen and oxygen atoms in total. The minimum atomic E-state index is -3.93. The fraction of sp³-hybridized carbons (Fsp3) is 0.321. The number of amides is 1. The lowest BCUT2D eigenvalue weighted by Gasteiger charge is -2.37. The number of hydrogen-bond acceptors (Lipinski definition) is 5. The SMILES string of the molecule is CCc1ccc(N(CC(=O)N2CCN(c3ccccc3OC)CC2)S(=O)(=O)c2ccc(C)cc2)cc1. The van der Waals surface area contributed by atoms with Crippen molar-refractivity contribution < 1.29 is 17.9 Å². The van der Waals surface area contributed by atoms with Gasteiger partial charge in [0, 0.05) is 26.2 Å². The molecule has 36 heavy (non-hydrogen) atoms. The third-order valence-corrected chi connectivity index (χ3v) is 8.37. The third-order valence-electron chi connectivity index (χ3n) is 6.58. The van der Waals surface area contributed by atoms with Crippen molar-refractivity contribution in [3.8, 4) is 5.75 Å². The second kappa shape index (κ2) is 11.0. The van der Waals surface area contributed by atoms with E-state index in [1.807, 2.05) is 50.2 Å². The Bertz CT molecular complexity index is 1280. The van der Waals surface area contributed by atoms with Gasteiger partial charge in [0.15, 0.2) is 0 Å². The van der Waals surface area contributed by atoms with Crippen LogP contribution in [0.25, 0.3) is 0 Å². The second-order valence-electron chi connectivity index (χ2n) is 8.88. The molecule has 190 valence electrons. The first-order chi connectivity index (χ1) is 17.3. The minimum Gasteiger partial charge on any atom is -0.495 e. The Morgan fingerprint density at radius 3 is 2.17 bits per heavy atom. The molecule has 0 unspecified atom stereocenters. The molecule has 4 rings (SSSR count). The predicted octanol–water partition coefficient (Wildman–Crippen LogP) is 4.11. The van der Waals surface area contributed by atoms with Crippen LogP contribution >= 0.6 is 0 Å². The van der Waals surface area contributed by atoms with Crippen LogP contribution in [0.1, 0.15) is 18.1 Å². The molecule has 1 aliphatic heterocycles. The molecule has 1 aliphatic rings. The number of hydrogen-bond donors (Lipinski definition) is 0. The van der Waals surface area contributed by atoms with Crippen molar-refractivity contribution in [2.24, 2.45) is 0 Å². The topological polar surface area (TPSA) is 70.2 Å². The molecule has 0 N–H and O–H groups in total. The van der Waals surface area contributed by atoms with Gasteiger partial charge in [0.25, 0.3) is 10.0 Å². The van der Waals surface area contributed by atoms with Crippen LogP contribution in [-0.4, -0.2) is 59.1 Å². The molecule has 1 heterocycles. The number of para-hydroxylation sites is 2. The van der Waals surface area contributed by atoms with Crippen LogP contribution in [0, 0.1) is 6.92 Å². The lowest BCUT2D eigenvalue weighted by molar-refractivity contribution is -0.129. The molecule has 8 heteroatoms. The molecule has 0 spiro atoms. The van der Waals surface area contributed by atoms with Crippen molar-refractivity contribution in [1.82, 2.24) is 4.90 Å². The van der Waals surface area contributed by atoms with Gasteiger partial charge in [0.2, 0.25) is 5.91 Å². The summed E-state index contributed by atoms with van der Waals surface area (Å²) < 4.78 is 34.0. The number of ether oxygens (including phenoxy) is 1. The molecular weight excluding hydrogens is 474 g/mol. The number of nitrogens with zero attached hydrogens (tertiary/aromatic N) is 3. The molecule has 0 bridgehead atoms. The first-order valence-corrected chi connectivity index (χ1v) is 13.6. The summed E-state index contributed by atoms with van der Waals surface area (Å²) in [6.07, 6.45) is 0.848. The van der Waals surface area contributed by atoms with Gasteiger partial charge in [-0.15, -0.1) is 0 Å². The van der Waals surface area contributed by atoms with Gasteiger partial charge < -0.3 is 14.5 Å². The van der Waals surface area contributed by atoms with Crippen LogP contribution < -0.4 is 13.9 Å². The van der Waals surface area contributed by atoms with E-state index in [2.05, 4.69) is 4.90 Å². The van der Waals surface area contributed by atoms with Crippen LogP contribution in [0.5, 0.6) is 5.75 Å². The van der Waals surface area contributed by atoms with Gasteiger partial charge in [0.1, 0.15) is 12.3 Å². The number of anilines is 2. The van der Waals surface area contributed by atoms with E-state index >= 15 is 0 Å². The van der Waals surface area contributed by atoms with E-state index in [-0.39, 0.29) is 17.3 Å². The summed E-state index contributed by atoms with van der Waals surface area (Å²) in [4.78, 5) is 17.5. The van der Waals surface area contributed by atoms with E-state index in [4.69, 9.17) is 4.74 Å². The number of carbonyl (C=O) groups is 1. The average Bonchev–Trinajstić information content (AvgIpc) is 2.92. The van der Waals surface area contributed by atoms with Gasteiger partial charge in [-0.25, -0.2) is 8.42 Å². The molecule has 0 atom stereocenters. The summed E-state index contributed by atoms with van der Waals surface area (Å²) in [7, 11) is -2.28. The summed E-state index contributed by atoms with van der Waals surface area (Å²) in [5.74, 6) is 0.577. The Labute approximate surface area is 214 Å². The summed E-state index contributed by atoms with van der Waals surface area (Å²) in [6.45, 7) is 5.99. The predicted molar refractivity (Wildman–Crippen MR) is 143 cm³/mol. The molecular formula is C28H33N3O4S. The summed E-state index contributed by atoms with van der Waals surface area (Å²) in [6, 6.07) is 21.9. The number of benzene rings is 3. The zero-order valence-electron chi connectivity index (χ0n) is 21.1. The van der Waals surface area contributed by atoms with Crippen LogP contribution in [0.3, 0.4) is 0 Å². The van der Waals surface area contributed by atoms with Crippen molar-refractivity contribution in [1.29, 1.82) is 0 Å². The fourth-order valence-corrected chi connectivity index (χ4v) is 5.78. The molecule has 1 saturated heterocycles. The number of aryl methyl sites for hydroxylation is 2. The van der Waals surface area contributed by atoms with E-state index < -0.39 is 10.0 Å². The van der Waals surface area contributed by atoms with E-state index in [0.29, 0.717) is 31.9 Å². The minimum absolute atomic E-state index is 0.168. The van der Waals surface area contributed by atoms with E-state index in [1.54, 1.807) is 48.4 Å². The van der Waals surface area contributed by atoms with Gasteiger partial charge in [-0.05, 0) is 55.3 Å². The van der Waals surface area contributed by atoms with Gasteiger partial charge >= 0.3 is 0 Å². The highest BCUT2D eigenvalue weighted by molar-refractivity contribution is 7.92. The Hall–Kier alpha value is -3.52. The Morgan fingerprint density at radius 1 is 0.917 bits per heavy atom. The van der Waals surface area contributed by atoms with Gasteiger partial charge in [-0.3, -0.25) is 9.10 Å². The Balaban J connectivity index is 1.54. The van der Waals surface area contributed by atoms with Gasteiger partial charge in [-0.2, -0.15) is 0 Å². The lowest BCUT2D eigenvalue weighted by atomic mass is 10.1. The largest absolute Gasteiger partial charge is 0.495 e. The highest BCUT2D eigenvalue weighted by atomic mass is 32.2. The molecule has 0 aliphatic carbocycles. The zero-order chi connectivity index (χ0) is 25.7. The summed E-state index contributed by atoms with van der Waals surface area (Å²) >= 11 is 0. The first kappa shape index (κ1) is 25.6. The van der Waals surface area contributed by atoms with E-state index in [1.165, 1.54) is 4.31 Å². The quantitative estimate of drug-likeness (QED) is 0.459. The number of rotatable bonds is 8. The number of methoxy groups -OCH3 is 1. The maximum atomic E-state index is 13.7. The molecule has 3 aromatic carbocycles. The summed E-state index contributed by atoms with van der Waals surface area (Å²) in [5.41, 5.74) is 3.54. The van der Waals surface area contributed by atoms with Crippen molar-refractivity contribution >= 4 is 27.3 Å². The van der Waals surface area contributed by atoms with E-state index in [9.17, 15) is 13.2 Å². The molecule has 0 radical (unpaired) electrons. The Morgan fingerprint density at radius 2 is 1.56 bits per heavy atom. The maximum absolute atomic E-state index is 13.7. The van der Waals surface area contributed by atoms with Crippen LogP contribution in [0.2, 0.25) is 0 Å². The second-order valence-corrected chi connectivity index (χ2v) is 10.7. The monoisotopic (exact) mass is 507 g/mol. The van der Waals surface area contributed by atoms with Crippen molar-refractivity contribution in [3.05, 3.63) is 83.9 Å². The molecule has 0 saturated carbocycles. The normalized spacial score (nSPS) is 14.0. The van der Waals surface area contributed by atoms with Crippen LogP contribution in [0.4, 0.5) is 11.4 Å². The maximum Gasteiger partial charge on any atom is 0.264 e. The smallest absolute Gasteiger partial charge is 0.264 e. The lowest BCUT2D eigenvalue weighted by Crippen LogP contribution is -2.52. The summed E-state index contributed by atoms with van der Waals surface area (Å²) in [5, 5.41) is 0. The molecule has 1 fully saturated rings. The van der Waals surface area contributed by atoms with Gasteiger partial charge in [0.05, 0.1) is 23.4 Å². The van der Waals surface area contributed by atoms with Crippen molar-refractivity contribution in [3.63, 3.8) is 0 Å². The van der Waals surface area contributed by atoms with Crippen LogP contribution in [-0.2, 0) is 21.2 Å². The third kappa shape index (κ3) is 5.49. The zero-order valence-corrected chi connectivity index (χ0v) is 21.9. The molecule has 3 aromatic rings. The van der Waals surface area contributed by atoms with E-state index in [0.717, 1.165) is 29.0 Å². The van der Waals surface area contributed by atoms with Crippen molar-refractivity contribution in [2.75, 3.05) is 49.0 Å². The molecule has 0 aromatic heterocycles. The fourth-order valence-electron chi connectivity index (χ4n) is 4.36.